The zero-order valence-corrected chi connectivity index (χ0v) is 18.7. The van der Waals surface area contributed by atoms with Crippen LogP contribution in [0.15, 0.2) is 35.7 Å². The average Bonchev–Trinajstić information content (AvgIpc) is 3.45. The lowest BCUT2D eigenvalue weighted by Gasteiger charge is -2.37. The molecule has 166 valence electrons. The van der Waals surface area contributed by atoms with Gasteiger partial charge in [0.15, 0.2) is 0 Å². The van der Waals surface area contributed by atoms with Gasteiger partial charge >= 0.3 is 6.03 Å². The number of carbonyl (C=O) groups excluding carboxylic acids is 2. The third-order valence-electron chi connectivity index (χ3n) is 5.59. The lowest BCUT2D eigenvalue weighted by atomic mass is 10.0. The maximum atomic E-state index is 13.5. The molecule has 31 heavy (non-hydrogen) atoms. The Bertz CT molecular complexity index is 944. The van der Waals surface area contributed by atoms with Gasteiger partial charge in [-0.15, -0.1) is 11.3 Å². The topological polar surface area (TPSA) is 61.9 Å². The Morgan fingerprint density at radius 1 is 1.32 bits per heavy atom. The molecule has 1 N–H and O–H groups in total. The first-order valence-electron chi connectivity index (χ1n) is 10.7. The van der Waals surface area contributed by atoms with E-state index in [1.165, 1.54) is 17.0 Å². The molecule has 1 atom stereocenters. The molecule has 0 spiro atoms. The van der Waals surface area contributed by atoms with Crippen molar-refractivity contribution in [2.24, 2.45) is 0 Å². The van der Waals surface area contributed by atoms with E-state index in [1.807, 2.05) is 30.2 Å². The summed E-state index contributed by atoms with van der Waals surface area (Å²) in [6.45, 7) is 4.69. The van der Waals surface area contributed by atoms with Crippen molar-refractivity contribution >= 4 is 23.3 Å². The first-order chi connectivity index (χ1) is 14.9. The highest BCUT2D eigenvalue weighted by atomic mass is 32.1. The summed E-state index contributed by atoms with van der Waals surface area (Å²) >= 11 is 1.68. The van der Waals surface area contributed by atoms with Gasteiger partial charge in [-0.2, -0.15) is 0 Å². The number of amides is 3. The highest BCUT2D eigenvalue weighted by Crippen LogP contribution is 2.34. The number of nitrogens with zero attached hydrogens (tertiary/aromatic N) is 2. The summed E-state index contributed by atoms with van der Waals surface area (Å²) in [6.07, 6.45) is 2.65. The Labute approximate surface area is 186 Å². The van der Waals surface area contributed by atoms with E-state index in [0.717, 1.165) is 24.8 Å². The molecule has 1 aromatic carbocycles. The summed E-state index contributed by atoms with van der Waals surface area (Å²) in [7, 11) is 0. The Morgan fingerprint density at radius 3 is 2.84 bits per heavy atom. The van der Waals surface area contributed by atoms with Gasteiger partial charge in [0.05, 0.1) is 6.04 Å². The fourth-order valence-corrected chi connectivity index (χ4v) is 4.85. The highest BCUT2D eigenvalue weighted by molar-refractivity contribution is 7.10. The summed E-state index contributed by atoms with van der Waals surface area (Å²) < 4.78 is 19.4. The minimum atomic E-state index is -0.360. The maximum Gasteiger partial charge on any atom is 0.318 e. The van der Waals surface area contributed by atoms with Crippen molar-refractivity contribution in [2.75, 3.05) is 19.7 Å². The molecule has 1 saturated carbocycles. The fourth-order valence-electron chi connectivity index (χ4n) is 3.93. The Morgan fingerprint density at radius 2 is 2.13 bits per heavy atom. The molecule has 0 saturated heterocycles. The number of halogens is 1. The predicted octanol–water partition coefficient (Wildman–Crippen LogP) is 3.97. The van der Waals surface area contributed by atoms with Gasteiger partial charge in [0.25, 0.3) is 0 Å². The smallest absolute Gasteiger partial charge is 0.318 e. The van der Waals surface area contributed by atoms with E-state index in [9.17, 15) is 14.0 Å². The van der Waals surface area contributed by atoms with Crippen molar-refractivity contribution in [1.82, 2.24) is 15.1 Å². The molecule has 0 radical (unpaired) electrons. The SMILES string of the molecule is CC(C)NC(=O)N(CC(=O)N1CCc2sccc2[C@H]1COc1cccc(F)c1)C1CC1. The fraction of sp³-hybridized carbons (Fsp3) is 0.478. The number of thiophene rings is 1. The quantitative estimate of drug-likeness (QED) is 0.701. The lowest BCUT2D eigenvalue weighted by Crippen LogP contribution is -2.51. The van der Waals surface area contributed by atoms with Crippen LogP contribution in [0.3, 0.4) is 0 Å². The molecule has 1 fully saturated rings. The second-order valence-corrected chi connectivity index (χ2v) is 9.38. The third kappa shape index (κ3) is 5.18. The Hall–Kier alpha value is -2.61. The minimum absolute atomic E-state index is 0.0135. The van der Waals surface area contributed by atoms with E-state index >= 15 is 0 Å². The van der Waals surface area contributed by atoms with Crippen LogP contribution >= 0.6 is 11.3 Å². The van der Waals surface area contributed by atoms with Crippen LogP contribution in [0.2, 0.25) is 0 Å². The van der Waals surface area contributed by atoms with Crippen LogP contribution in [0.1, 0.15) is 43.2 Å². The molecule has 0 unspecified atom stereocenters. The van der Waals surface area contributed by atoms with Gasteiger partial charge in [0.1, 0.15) is 24.7 Å². The summed E-state index contributed by atoms with van der Waals surface area (Å²) in [4.78, 5) is 30.7. The van der Waals surface area contributed by atoms with Crippen molar-refractivity contribution in [3.8, 4) is 5.75 Å². The summed E-state index contributed by atoms with van der Waals surface area (Å²) in [5.41, 5.74) is 1.07. The van der Waals surface area contributed by atoms with Crippen LogP contribution in [-0.4, -0.2) is 53.5 Å². The number of fused-ring (bicyclic) bond motifs is 1. The molecule has 1 aliphatic heterocycles. The molecule has 2 aliphatic rings. The second kappa shape index (κ2) is 9.26. The number of hydrogen-bond donors (Lipinski definition) is 1. The largest absolute Gasteiger partial charge is 0.491 e. The van der Waals surface area contributed by atoms with Gasteiger partial charge < -0.3 is 19.9 Å². The van der Waals surface area contributed by atoms with Gasteiger partial charge in [-0.3, -0.25) is 4.79 Å². The molecule has 3 amide bonds. The number of ether oxygens (including phenoxy) is 1. The van der Waals surface area contributed by atoms with E-state index in [0.29, 0.717) is 12.3 Å². The number of urea groups is 1. The number of carbonyl (C=O) groups is 2. The van der Waals surface area contributed by atoms with Crippen molar-refractivity contribution < 1.29 is 18.7 Å². The minimum Gasteiger partial charge on any atom is -0.491 e. The molecule has 2 aromatic rings. The molecular weight excluding hydrogens is 417 g/mol. The lowest BCUT2D eigenvalue weighted by molar-refractivity contribution is -0.135. The van der Waals surface area contributed by atoms with Crippen molar-refractivity contribution in [3.63, 3.8) is 0 Å². The van der Waals surface area contributed by atoms with Gasteiger partial charge in [0, 0.05) is 29.6 Å². The Balaban J connectivity index is 1.49. The highest BCUT2D eigenvalue weighted by Gasteiger charge is 2.38. The normalized spacial score (nSPS) is 17.9. The molecule has 0 bridgehead atoms. The third-order valence-corrected chi connectivity index (χ3v) is 6.58. The van der Waals surface area contributed by atoms with Crippen molar-refractivity contribution in [2.45, 2.75) is 51.2 Å². The van der Waals surface area contributed by atoms with Gasteiger partial charge in [0.2, 0.25) is 5.91 Å². The maximum absolute atomic E-state index is 13.5. The van der Waals surface area contributed by atoms with Gasteiger partial charge in [-0.25, -0.2) is 9.18 Å². The predicted molar refractivity (Wildman–Crippen MR) is 118 cm³/mol. The molecule has 6 nitrogen and oxygen atoms in total. The number of hydrogen-bond acceptors (Lipinski definition) is 4. The molecule has 2 heterocycles. The molecular formula is C23H28FN3O3S. The van der Waals surface area contributed by atoms with Crippen LogP contribution in [0, 0.1) is 5.82 Å². The summed E-state index contributed by atoms with van der Waals surface area (Å²) in [5.74, 6) is -0.0114. The number of benzene rings is 1. The van der Waals surface area contributed by atoms with E-state index in [2.05, 4.69) is 5.32 Å². The average molecular weight is 446 g/mol. The van der Waals surface area contributed by atoms with Crippen LogP contribution < -0.4 is 10.1 Å². The van der Waals surface area contributed by atoms with Crippen LogP contribution in [-0.2, 0) is 11.2 Å². The zero-order chi connectivity index (χ0) is 22.0. The molecule has 1 aliphatic carbocycles. The van der Waals surface area contributed by atoms with Crippen LogP contribution in [0.5, 0.6) is 5.75 Å². The first-order valence-corrected chi connectivity index (χ1v) is 11.6. The zero-order valence-electron chi connectivity index (χ0n) is 17.8. The van der Waals surface area contributed by atoms with Crippen molar-refractivity contribution in [1.29, 1.82) is 0 Å². The first kappa shape index (κ1) is 21.6. The van der Waals surface area contributed by atoms with Crippen LogP contribution in [0.4, 0.5) is 9.18 Å². The molecule has 8 heteroatoms. The number of rotatable bonds is 7. The van der Waals surface area contributed by atoms with E-state index < -0.39 is 0 Å². The second-order valence-electron chi connectivity index (χ2n) is 8.38. The standard InChI is InChI=1S/C23H28FN3O3S/c1-15(2)25-23(29)27(17-6-7-17)13-22(28)26-10-8-21-19(9-11-31-21)20(26)14-30-18-5-3-4-16(24)12-18/h3-5,9,11-12,15,17,20H,6-8,10,13-14H2,1-2H3,(H,25,29)/t20-/m1/s1. The van der Waals surface area contributed by atoms with Crippen molar-refractivity contribution in [3.05, 3.63) is 52.0 Å². The van der Waals surface area contributed by atoms with Crippen LogP contribution in [0.25, 0.3) is 0 Å². The van der Waals surface area contributed by atoms with E-state index in [-0.39, 0.29) is 49.0 Å². The molecule has 1 aromatic heterocycles. The summed E-state index contributed by atoms with van der Waals surface area (Å²) in [6, 6.07) is 7.74. The summed E-state index contributed by atoms with van der Waals surface area (Å²) in [5, 5.41) is 4.93. The number of nitrogens with one attached hydrogen (secondary N) is 1. The van der Waals surface area contributed by atoms with E-state index in [1.54, 1.807) is 28.4 Å². The Kier molecular flexibility index (Phi) is 6.46. The molecule has 4 rings (SSSR count). The van der Waals surface area contributed by atoms with E-state index in [4.69, 9.17) is 4.74 Å². The van der Waals surface area contributed by atoms with Gasteiger partial charge in [-0.05, 0) is 62.3 Å². The monoisotopic (exact) mass is 445 g/mol. The van der Waals surface area contributed by atoms with Gasteiger partial charge in [-0.1, -0.05) is 6.07 Å².